The summed E-state index contributed by atoms with van der Waals surface area (Å²) >= 11 is 3.16. The quantitative estimate of drug-likeness (QED) is 0.393. The summed E-state index contributed by atoms with van der Waals surface area (Å²) in [5.74, 6) is 1.66. The summed E-state index contributed by atoms with van der Waals surface area (Å²) in [5.41, 5.74) is 0. The van der Waals surface area contributed by atoms with Crippen LogP contribution in [0.5, 0.6) is 0 Å². The van der Waals surface area contributed by atoms with Gasteiger partial charge in [0.2, 0.25) is 0 Å². The average Bonchev–Trinajstić information content (AvgIpc) is 2.16. The monoisotopic (exact) mass is 223 g/mol. The Morgan fingerprint density at radius 2 is 2.23 bits per heavy atom. The minimum atomic E-state index is -0.254. The lowest BCUT2D eigenvalue weighted by Gasteiger charge is -2.17. The Balaban J connectivity index is 3.73. The minimum Gasteiger partial charge on any atom is -0.452 e. The number of rotatable bonds is 6. The zero-order chi connectivity index (χ0) is 10.1. The van der Waals surface area contributed by atoms with Gasteiger partial charge >= 0.3 is 6.09 Å². The molecule has 0 saturated heterocycles. The van der Waals surface area contributed by atoms with Gasteiger partial charge in [0.05, 0.1) is 13.0 Å². The molecule has 0 N–H and O–H groups in total. The number of hydrogen-bond acceptors (Lipinski definition) is 4. The number of hydrogen-bond donors (Lipinski definition) is 0. The van der Waals surface area contributed by atoms with Crippen molar-refractivity contribution in [3.05, 3.63) is 0 Å². The van der Waals surface area contributed by atoms with Crippen molar-refractivity contribution >= 4 is 29.8 Å². The fraction of sp³-hybridized carbons (Fsp3) is 0.875. The number of methoxy groups -OCH3 is 1. The molecule has 3 nitrogen and oxygen atoms in total. The van der Waals surface area contributed by atoms with E-state index < -0.39 is 0 Å². The van der Waals surface area contributed by atoms with Crippen LogP contribution in [0.3, 0.4) is 0 Å². The van der Waals surface area contributed by atoms with E-state index in [2.05, 4.69) is 11.7 Å². The first kappa shape index (κ1) is 13.0. The highest BCUT2D eigenvalue weighted by atomic mass is 32.2. The van der Waals surface area contributed by atoms with Crippen LogP contribution in [-0.4, -0.2) is 35.4 Å². The molecule has 1 amide bonds. The molecule has 0 aliphatic carbocycles. The molecule has 0 spiro atoms. The van der Waals surface area contributed by atoms with Gasteiger partial charge in [0.15, 0.2) is 0 Å². The molecule has 0 saturated carbocycles. The molecule has 0 aliphatic rings. The van der Waals surface area contributed by atoms with Gasteiger partial charge in [0, 0.05) is 5.75 Å². The average molecular weight is 223 g/mol. The molecular weight excluding hydrogens is 206 g/mol. The highest BCUT2D eigenvalue weighted by Crippen LogP contribution is 2.16. The SMILES string of the molecule is CCCCSN(CSC)C(=O)OC. The Kier molecular flexibility index (Phi) is 8.54. The van der Waals surface area contributed by atoms with Gasteiger partial charge in [-0.25, -0.2) is 9.10 Å². The lowest BCUT2D eigenvalue weighted by molar-refractivity contribution is 0.156. The molecule has 0 aromatic rings. The number of amides is 1. The van der Waals surface area contributed by atoms with E-state index in [-0.39, 0.29) is 6.09 Å². The molecular formula is C8H17NO2S2. The Labute approximate surface area is 88.7 Å². The van der Waals surface area contributed by atoms with Gasteiger partial charge in [-0.1, -0.05) is 13.3 Å². The molecule has 0 rings (SSSR count). The number of carbonyl (C=O) groups excluding carboxylic acids is 1. The number of unbranched alkanes of at least 4 members (excludes halogenated alkanes) is 1. The van der Waals surface area contributed by atoms with Gasteiger partial charge in [-0.15, -0.1) is 11.8 Å². The molecule has 0 aromatic heterocycles. The predicted octanol–water partition coefficient (Wildman–Crippen LogP) is 2.82. The molecule has 78 valence electrons. The van der Waals surface area contributed by atoms with Crippen LogP contribution in [0, 0.1) is 0 Å². The van der Waals surface area contributed by atoms with Crippen molar-refractivity contribution in [2.75, 3.05) is 25.0 Å². The second-order valence-electron chi connectivity index (χ2n) is 2.45. The summed E-state index contributed by atoms with van der Waals surface area (Å²) < 4.78 is 6.30. The molecule has 0 unspecified atom stereocenters. The second-order valence-corrected chi connectivity index (χ2v) is 4.40. The van der Waals surface area contributed by atoms with Crippen LogP contribution in [0.25, 0.3) is 0 Å². The first-order valence-electron chi connectivity index (χ1n) is 4.23. The summed E-state index contributed by atoms with van der Waals surface area (Å²) in [6, 6.07) is 0. The normalized spacial score (nSPS) is 9.77. The molecule has 0 aromatic carbocycles. The van der Waals surface area contributed by atoms with E-state index in [1.165, 1.54) is 7.11 Å². The highest BCUT2D eigenvalue weighted by Gasteiger charge is 2.12. The standard InChI is InChI=1S/C8H17NO2S2/c1-4-5-6-13-9(7-12-3)8(10)11-2/h4-7H2,1-3H3. The largest absolute Gasteiger partial charge is 0.452 e. The van der Waals surface area contributed by atoms with Crippen LogP contribution < -0.4 is 0 Å². The van der Waals surface area contributed by atoms with Gasteiger partial charge < -0.3 is 4.74 Å². The molecule has 0 atom stereocenters. The maximum absolute atomic E-state index is 11.2. The number of thioether (sulfide) groups is 1. The van der Waals surface area contributed by atoms with Crippen LogP contribution in [0.4, 0.5) is 4.79 Å². The third kappa shape index (κ3) is 6.10. The molecule has 0 bridgehead atoms. The Bertz CT molecular complexity index is 144. The zero-order valence-electron chi connectivity index (χ0n) is 8.41. The fourth-order valence-electron chi connectivity index (χ4n) is 0.681. The van der Waals surface area contributed by atoms with E-state index >= 15 is 0 Å². The topological polar surface area (TPSA) is 29.5 Å². The molecule has 0 aliphatic heterocycles. The van der Waals surface area contributed by atoms with Crippen molar-refractivity contribution < 1.29 is 9.53 Å². The Hall–Kier alpha value is -0.0300. The summed E-state index contributed by atoms with van der Waals surface area (Å²) in [7, 11) is 1.41. The maximum atomic E-state index is 11.2. The number of ether oxygens (including phenoxy) is 1. The Morgan fingerprint density at radius 3 is 2.69 bits per heavy atom. The van der Waals surface area contributed by atoms with E-state index in [1.807, 2.05) is 6.26 Å². The molecule has 0 fully saturated rings. The van der Waals surface area contributed by atoms with Crippen LogP contribution in [0.2, 0.25) is 0 Å². The van der Waals surface area contributed by atoms with E-state index in [9.17, 15) is 4.79 Å². The van der Waals surface area contributed by atoms with Crippen LogP contribution >= 0.6 is 23.7 Å². The third-order valence-electron chi connectivity index (χ3n) is 1.37. The highest BCUT2D eigenvalue weighted by molar-refractivity contribution is 8.01. The molecule has 5 heteroatoms. The van der Waals surface area contributed by atoms with Gasteiger partial charge in [0.25, 0.3) is 0 Å². The lowest BCUT2D eigenvalue weighted by Crippen LogP contribution is -2.24. The summed E-state index contributed by atoms with van der Waals surface area (Å²) in [6.07, 6.45) is 4.00. The lowest BCUT2D eigenvalue weighted by atomic mass is 10.4. The predicted molar refractivity (Wildman–Crippen MR) is 60.0 cm³/mol. The van der Waals surface area contributed by atoms with Gasteiger partial charge in [-0.05, 0) is 24.6 Å². The van der Waals surface area contributed by atoms with Crippen molar-refractivity contribution in [3.63, 3.8) is 0 Å². The Morgan fingerprint density at radius 1 is 1.54 bits per heavy atom. The second kappa shape index (κ2) is 8.56. The summed E-state index contributed by atoms with van der Waals surface area (Å²) in [4.78, 5) is 11.2. The van der Waals surface area contributed by atoms with E-state index in [0.29, 0.717) is 5.88 Å². The van der Waals surface area contributed by atoms with Gasteiger partial charge in [-0.2, -0.15) is 0 Å². The van der Waals surface area contributed by atoms with Crippen molar-refractivity contribution in [1.82, 2.24) is 4.31 Å². The minimum absolute atomic E-state index is 0.254. The summed E-state index contributed by atoms with van der Waals surface area (Å²) in [6.45, 7) is 2.14. The molecule has 13 heavy (non-hydrogen) atoms. The van der Waals surface area contributed by atoms with Crippen molar-refractivity contribution in [1.29, 1.82) is 0 Å². The van der Waals surface area contributed by atoms with Crippen LogP contribution in [0.1, 0.15) is 19.8 Å². The van der Waals surface area contributed by atoms with Gasteiger partial charge in [0.1, 0.15) is 0 Å². The van der Waals surface area contributed by atoms with Crippen LogP contribution in [0.15, 0.2) is 0 Å². The smallest absolute Gasteiger partial charge is 0.420 e. The number of carbonyl (C=O) groups is 1. The van der Waals surface area contributed by atoms with Crippen molar-refractivity contribution in [2.45, 2.75) is 19.8 Å². The maximum Gasteiger partial charge on any atom is 0.420 e. The zero-order valence-corrected chi connectivity index (χ0v) is 10.0. The van der Waals surface area contributed by atoms with Gasteiger partial charge in [-0.3, -0.25) is 0 Å². The molecule has 0 radical (unpaired) electrons. The summed E-state index contributed by atoms with van der Waals surface area (Å²) in [5, 5.41) is 0. The first-order valence-corrected chi connectivity index (χ1v) is 6.57. The van der Waals surface area contributed by atoms with Crippen molar-refractivity contribution in [2.24, 2.45) is 0 Å². The molecule has 0 heterocycles. The van der Waals surface area contributed by atoms with Crippen LogP contribution in [-0.2, 0) is 4.74 Å². The fourth-order valence-corrected chi connectivity index (χ4v) is 2.45. The van der Waals surface area contributed by atoms with E-state index in [1.54, 1.807) is 28.0 Å². The van der Waals surface area contributed by atoms with E-state index in [0.717, 1.165) is 18.6 Å². The first-order chi connectivity index (χ1) is 6.26. The van der Waals surface area contributed by atoms with E-state index in [4.69, 9.17) is 0 Å². The number of nitrogens with zero attached hydrogens (tertiary/aromatic N) is 1. The van der Waals surface area contributed by atoms with Crippen molar-refractivity contribution in [3.8, 4) is 0 Å². The third-order valence-corrected chi connectivity index (χ3v) is 3.11.